The van der Waals surface area contributed by atoms with Gasteiger partial charge in [-0.2, -0.15) is 13.2 Å². The Morgan fingerprint density at radius 2 is 1.31 bits per heavy atom. The third-order valence-electron chi connectivity index (χ3n) is 5.49. The highest BCUT2D eigenvalue weighted by atomic mass is 32.3. The highest BCUT2D eigenvalue weighted by molar-refractivity contribution is 8.15. The molecule has 196 valence electrons. The summed E-state index contributed by atoms with van der Waals surface area (Å²) in [6.45, 7) is 0. The van der Waals surface area contributed by atoms with Gasteiger partial charge < -0.3 is 0 Å². The van der Waals surface area contributed by atoms with Gasteiger partial charge in [0.05, 0.1) is 16.4 Å². The lowest BCUT2D eigenvalue weighted by molar-refractivity contribution is -0.0425. The van der Waals surface area contributed by atoms with Crippen LogP contribution in [0.2, 0.25) is 0 Å². The maximum atomic E-state index is 15.2. The van der Waals surface area contributed by atoms with E-state index < -0.39 is 111 Å². The van der Waals surface area contributed by atoms with Crippen molar-refractivity contribution in [2.45, 2.75) is 48.8 Å². The standard InChI is InChI=1S/C18H11F11O4S2/c19-5-2-1-3-6(4-5)34(30,31)17(35(32,33)18(27,28)29)9-10(20)7-8(11(21)14(9)24)13(23)16(26)15(25)12(7)22/h5-6,10H,1-4H2/b17-9+. The second-order valence-electron chi connectivity index (χ2n) is 7.62. The first kappa shape index (κ1) is 27.4. The Labute approximate surface area is 189 Å². The molecular formula is C18H11F11O4S2. The molecule has 1 aromatic carbocycles. The van der Waals surface area contributed by atoms with Gasteiger partial charge in [-0.05, 0) is 25.7 Å². The zero-order chi connectivity index (χ0) is 26.8. The molecule has 4 nitrogen and oxygen atoms in total. The summed E-state index contributed by atoms with van der Waals surface area (Å²) < 4.78 is 201. The van der Waals surface area contributed by atoms with Crippen LogP contribution >= 0.6 is 0 Å². The van der Waals surface area contributed by atoms with E-state index in [1.165, 1.54) is 0 Å². The molecule has 0 saturated heterocycles. The molecule has 0 bridgehead atoms. The van der Waals surface area contributed by atoms with Gasteiger partial charge in [0, 0.05) is 5.56 Å². The Morgan fingerprint density at radius 3 is 1.83 bits per heavy atom. The molecule has 0 aromatic heterocycles. The molecule has 1 aromatic rings. The fourth-order valence-corrected chi connectivity index (χ4v) is 8.20. The van der Waals surface area contributed by atoms with Crippen molar-refractivity contribution in [3.05, 3.63) is 50.0 Å². The topological polar surface area (TPSA) is 68.3 Å². The largest absolute Gasteiger partial charge is 0.502 e. The zero-order valence-corrected chi connectivity index (χ0v) is 18.3. The summed E-state index contributed by atoms with van der Waals surface area (Å²) in [6.07, 6.45) is -8.40. The van der Waals surface area contributed by atoms with Gasteiger partial charge in [0.1, 0.15) is 6.17 Å². The number of hydrogen-bond donors (Lipinski definition) is 0. The number of halogens is 11. The number of hydrogen-bond acceptors (Lipinski definition) is 4. The van der Waals surface area contributed by atoms with Crippen LogP contribution in [0.3, 0.4) is 0 Å². The highest BCUT2D eigenvalue weighted by Gasteiger charge is 2.57. The molecule has 3 unspecified atom stereocenters. The number of benzene rings is 1. The van der Waals surface area contributed by atoms with Crippen LogP contribution in [-0.4, -0.2) is 33.8 Å². The van der Waals surface area contributed by atoms with E-state index >= 15 is 4.39 Å². The van der Waals surface area contributed by atoms with E-state index in [0.717, 1.165) is 0 Å². The number of rotatable bonds is 3. The second-order valence-corrected chi connectivity index (χ2v) is 11.9. The van der Waals surface area contributed by atoms with Crippen LogP contribution in [0.1, 0.15) is 43.0 Å². The average molecular weight is 564 g/mol. The highest BCUT2D eigenvalue weighted by Crippen LogP contribution is 2.52. The fourth-order valence-electron chi connectivity index (χ4n) is 3.86. The van der Waals surface area contributed by atoms with Gasteiger partial charge in [-0.1, -0.05) is 0 Å². The van der Waals surface area contributed by atoms with Crippen molar-refractivity contribution in [1.82, 2.24) is 0 Å². The number of sulfone groups is 2. The third kappa shape index (κ3) is 4.13. The van der Waals surface area contributed by atoms with Crippen LogP contribution in [0.25, 0.3) is 5.83 Å². The van der Waals surface area contributed by atoms with Gasteiger partial charge in [0.25, 0.3) is 9.84 Å². The SMILES string of the molecule is O=S(=O)(/C(=C1\C(F)=C(F)c2c(F)c(F)c(F)c(F)c2C1F)S(=O)(=O)C(F)(F)F)C1CCCC(F)C1. The Kier molecular flexibility index (Phi) is 6.85. The predicted molar refractivity (Wildman–Crippen MR) is 97.3 cm³/mol. The molecule has 0 aliphatic heterocycles. The molecule has 17 heteroatoms. The number of fused-ring (bicyclic) bond motifs is 1. The van der Waals surface area contributed by atoms with Gasteiger partial charge in [-0.3, -0.25) is 0 Å². The van der Waals surface area contributed by atoms with Crippen molar-refractivity contribution in [3.8, 4) is 0 Å². The van der Waals surface area contributed by atoms with E-state index in [2.05, 4.69) is 0 Å². The molecular weight excluding hydrogens is 553 g/mol. The van der Waals surface area contributed by atoms with Crippen LogP contribution < -0.4 is 0 Å². The Bertz CT molecular complexity index is 1360. The zero-order valence-electron chi connectivity index (χ0n) is 16.7. The van der Waals surface area contributed by atoms with Crippen LogP contribution in [0, 0.1) is 23.3 Å². The van der Waals surface area contributed by atoms with Crippen molar-refractivity contribution >= 4 is 25.5 Å². The molecule has 0 spiro atoms. The minimum absolute atomic E-state index is 0.277. The average Bonchev–Trinajstić information content (AvgIpc) is 2.74. The van der Waals surface area contributed by atoms with E-state index in [1.54, 1.807) is 0 Å². The summed E-state index contributed by atoms with van der Waals surface area (Å²) in [6, 6.07) is 0. The first-order valence-electron chi connectivity index (χ1n) is 9.36. The number of allylic oxidation sites excluding steroid dienone is 2. The second kappa shape index (κ2) is 8.74. The normalized spacial score (nSPS) is 25.5. The molecule has 0 N–H and O–H groups in total. The van der Waals surface area contributed by atoms with Gasteiger partial charge in [-0.25, -0.2) is 52.0 Å². The quantitative estimate of drug-likeness (QED) is 0.268. The monoisotopic (exact) mass is 564 g/mol. The van der Waals surface area contributed by atoms with E-state index in [0.29, 0.717) is 0 Å². The molecule has 35 heavy (non-hydrogen) atoms. The smallest absolute Gasteiger partial charge is 0.247 e. The molecule has 3 rings (SSSR count). The fraction of sp³-hybridized carbons (Fsp3) is 0.444. The molecule has 2 aliphatic rings. The van der Waals surface area contributed by atoms with Gasteiger partial charge in [-0.15, -0.1) is 0 Å². The van der Waals surface area contributed by atoms with Crippen molar-refractivity contribution < 1.29 is 65.1 Å². The van der Waals surface area contributed by atoms with Crippen LogP contribution in [0.4, 0.5) is 48.3 Å². The molecule has 3 atom stereocenters. The van der Waals surface area contributed by atoms with Crippen molar-refractivity contribution in [2.24, 2.45) is 0 Å². The first-order chi connectivity index (χ1) is 15.9. The Hall–Kier alpha value is -2.17. The third-order valence-corrected chi connectivity index (χ3v) is 10.2. The maximum absolute atomic E-state index is 15.2. The first-order valence-corrected chi connectivity index (χ1v) is 12.4. The van der Waals surface area contributed by atoms with Gasteiger partial charge in [0.15, 0.2) is 55.2 Å². The molecule has 0 radical (unpaired) electrons. The van der Waals surface area contributed by atoms with E-state index in [4.69, 9.17) is 0 Å². The van der Waals surface area contributed by atoms with Crippen LogP contribution in [-0.2, 0) is 19.7 Å². The summed E-state index contributed by atoms with van der Waals surface area (Å²) >= 11 is 0. The molecule has 2 aliphatic carbocycles. The molecule has 0 amide bonds. The van der Waals surface area contributed by atoms with Crippen molar-refractivity contribution in [3.63, 3.8) is 0 Å². The van der Waals surface area contributed by atoms with E-state index in [1.807, 2.05) is 0 Å². The summed E-state index contributed by atoms with van der Waals surface area (Å²) in [5.74, 6) is -17.0. The lowest BCUT2D eigenvalue weighted by Crippen LogP contribution is -2.37. The minimum atomic E-state index is -7.29. The predicted octanol–water partition coefficient (Wildman–Crippen LogP) is 5.72. The maximum Gasteiger partial charge on any atom is 0.502 e. The summed E-state index contributed by atoms with van der Waals surface area (Å²) in [5, 5.41) is -2.29. The summed E-state index contributed by atoms with van der Waals surface area (Å²) in [5.41, 5.74) is -13.9. The molecule has 1 fully saturated rings. The van der Waals surface area contributed by atoms with Crippen molar-refractivity contribution in [1.29, 1.82) is 0 Å². The van der Waals surface area contributed by atoms with Crippen LogP contribution in [0.15, 0.2) is 15.6 Å². The lowest BCUT2D eigenvalue weighted by atomic mass is 9.89. The van der Waals surface area contributed by atoms with Gasteiger partial charge in [0.2, 0.25) is 0 Å². The van der Waals surface area contributed by atoms with Crippen LogP contribution in [0.5, 0.6) is 0 Å². The van der Waals surface area contributed by atoms with E-state index in [-0.39, 0.29) is 12.8 Å². The summed E-state index contributed by atoms with van der Waals surface area (Å²) in [7, 11) is -13.4. The Balaban J connectivity index is 2.51. The van der Waals surface area contributed by atoms with E-state index in [9.17, 15) is 60.7 Å². The molecule has 1 saturated carbocycles. The lowest BCUT2D eigenvalue weighted by Gasteiger charge is -2.29. The minimum Gasteiger partial charge on any atom is -0.247 e. The Morgan fingerprint density at radius 1 is 0.771 bits per heavy atom. The van der Waals surface area contributed by atoms with Gasteiger partial charge >= 0.3 is 5.51 Å². The van der Waals surface area contributed by atoms with Crippen molar-refractivity contribution in [2.75, 3.05) is 0 Å². The number of alkyl halides is 5. The molecule has 0 heterocycles. The summed E-state index contributed by atoms with van der Waals surface area (Å²) in [4.78, 5) is 0.